The van der Waals surface area contributed by atoms with E-state index in [4.69, 9.17) is 18.9 Å². The molecule has 2 aromatic rings. The average molecular weight is 331 g/mol. The number of hydrogen-bond acceptors (Lipinski definition) is 5. The van der Waals surface area contributed by atoms with Crippen LogP contribution in [0.15, 0.2) is 36.4 Å². The lowest BCUT2D eigenvalue weighted by molar-refractivity contribution is -0.118. The zero-order chi connectivity index (χ0) is 17.5. The molecule has 1 N–H and O–H groups in total. The Hall–Kier alpha value is -2.89. The van der Waals surface area contributed by atoms with E-state index < -0.39 is 0 Å². The van der Waals surface area contributed by atoms with Gasteiger partial charge in [-0.25, -0.2) is 0 Å². The molecule has 0 unspecified atom stereocenters. The number of anilines is 1. The summed E-state index contributed by atoms with van der Waals surface area (Å²) in [6, 6.07) is 10.8. The molecule has 0 spiro atoms. The van der Waals surface area contributed by atoms with Crippen LogP contribution >= 0.6 is 0 Å². The zero-order valence-electron chi connectivity index (χ0n) is 14.2. The predicted molar refractivity (Wildman–Crippen MR) is 91.4 cm³/mol. The van der Waals surface area contributed by atoms with Crippen LogP contribution in [-0.2, 0) is 4.79 Å². The summed E-state index contributed by atoms with van der Waals surface area (Å²) < 4.78 is 21.2. The van der Waals surface area contributed by atoms with Gasteiger partial charge in [-0.2, -0.15) is 0 Å². The Labute approximate surface area is 141 Å². The molecule has 0 fully saturated rings. The van der Waals surface area contributed by atoms with Gasteiger partial charge in [0, 0.05) is 12.1 Å². The summed E-state index contributed by atoms with van der Waals surface area (Å²) in [7, 11) is 4.56. The maximum atomic E-state index is 12.2. The molecule has 2 rings (SSSR count). The third-order valence-corrected chi connectivity index (χ3v) is 3.37. The Morgan fingerprint density at radius 3 is 2.00 bits per heavy atom. The SMILES string of the molecule is COc1cc(OC)c(NC(=O)COc2ccc(C)cc2)c(OC)c1. The van der Waals surface area contributed by atoms with Gasteiger partial charge in [0.15, 0.2) is 6.61 Å². The third-order valence-electron chi connectivity index (χ3n) is 3.37. The summed E-state index contributed by atoms with van der Waals surface area (Å²) >= 11 is 0. The molecule has 0 bridgehead atoms. The fraction of sp³-hybridized carbons (Fsp3) is 0.278. The van der Waals surface area contributed by atoms with Gasteiger partial charge in [-0.3, -0.25) is 4.79 Å². The van der Waals surface area contributed by atoms with Crippen molar-refractivity contribution < 1.29 is 23.7 Å². The number of ether oxygens (including phenoxy) is 4. The van der Waals surface area contributed by atoms with Gasteiger partial charge in [-0.15, -0.1) is 0 Å². The molecule has 6 nitrogen and oxygen atoms in total. The van der Waals surface area contributed by atoms with Gasteiger partial charge < -0.3 is 24.3 Å². The van der Waals surface area contributed by atoms with Crippen molar-refractivity contribution in [2.24, 2.45) is 0 Å². The summed E-state index contributed by atoms with van der Waals surface area (Å²) in [6.07, 6.45) is 0. The molecule has 0 aliphatic rings. The van der Waals surface area contributed by atoms with Crippen LogP contribution in [0.5, 0.6) is 23.0 Å². The number of carbonyl (C=O) groups is 1. The highest BCUT2D eigenvalue weighted by Gasteiger charge is 2.16. The highest BCUT2D eigenvalue weighted by Crippen LogP contribution is 2.38. The summed E-state index contributed by atoms with van der Waals surface area (Å²) in [5.41, 5.74) is 1.55. The Bertz CT molecular complexity index is 672. The number of carbonyl (C=O) groups excluding carboxylic acids is 1. The van der Waals surface area contributed by atoms with Crippen LogP contribution in [0.3, 0.4) is 0 Å². The molecule has 0 aliphatic carbocycles. The van der Waals surface area contributed by atoms with Crippen molar-refractivity contribution in [1.82, 2.24) is 0 Å². The van der Waals surface area contributed by atoms with E-state index >= 15 is 0 Å². The summed E-state index contributed by atoms with van der Waals surface area (Å²) in [5, 5.41) is 2.74. The molecule has 128 valence electrons. The first kappa shape index (κ1) is 17.5. The minimum atomic E-state index is -0.322. The minimum Gasteiger partial charge on any atom is -0.496 e. The van der Waals surface area contributed by atoms with E-state index in [-0.39, 0.29) is 12.5 Å². The van der Waals surface area contributed by atoms with E-state index in [2.05, 4.69) is 5.32 Å². The molecule has 24 heavy (non-hydrogen) atoms. The number of aryl methyl sites for hydroxylation is 1. The van der Waals surface area contributed by atoms with Crippen LogP contribution in [-0.4, -0.2) is 33.8 Å². The molecule has 0 atom stereocenters. The van der Waals surface area contributed by atoms with Gasteiger partial charge >= 0.3 is 0 Å². The monoisotopic (exact) mass is 331 g/mol. The van der Waals surface area contributed by atoms with Crippen molar-refractivity contribution in [1.29, 1.82) is 0 Å². The molecule has 2 aromatic carbocycles. The van der Waals surface area contributed by atoms with Crippen LogP contribution in [0, 0.1) is 6.92 Å². The van der Waals surface area contributed by atoms with Crippen molar-refractivity contribution >= 4 is 11.6 Å². The molecule has 0 aromatic heterocycles. The largest absolute Gasteiger partial charge is 0.496 e. The lowest BCUT2D eigenvalue weighted by atomic mass is 10.2. The van der Waals surface area contributed by atoms with Crippen LogP contribution in [0.25, 0.3) is 0 Å². The van der Waals surface area contributed by atoms with Crippen molar-refractivity contribution in [3.63, 3.8) is 0 Å². The van der Waals surface area contributed by atoms with Gasteiger partial charge in [-0.1, -0.05) is 17.7 Å². The molecule has 0 aliphatic heterocycles. The average Bonchev–Trinajstić information content (AvgIpc) is 2.61. The lowest BCUT2D eigenvalue weighted by Crippen LogP contribution is -2.21. The number of hydrogen-bond donors (Lipinski definition) is 1. The Kier molecular flexibility index (Phi) is 5.89. The number of benzene rings is 2. The molecule has 1 amide bonds. The van der Waals surface area contributed by atoms with Gasteiger partial charge in [-0.05, 0) is 19.1 Å². The zero-order valence-corrected chi connectivity index (χ0v) is 14.2. The topological polar surface area (TPSA) is 66.0 Å². The van der Waals surface area contributed by atoms with E-state index in [9.17, 15) is 4.79 Å². The standard InChI is InChI=1S/C18H21NO5/c1-12-5-7-13(8-6-12)24-11-17(20)19-18-15(22-3)9-14(21-2)10-16(18)23-4/h5-10H,11H2,1-4H3,(H,19,20). The van der Waals surface area contributed by atoms with E-state index in [0.717, 1.165) is 5.56 Å². The van der Waals surface area contributed by atoms with E-state index in [1.54, 1.807) is 19.2 Å². The number of rotatable bonds is 7. The second-order valence-corrected chi connectivity index (χ2v) is 5.06. The van der Waals surface area contributed by atoms with Crippen LogP contribution in [0.4, 0.5) is 5.69 Å². The Morgan fingerprint density at radius 1 is 0.917 bits per heavy atom. The fourth-order valence-corrected chi connectivity index (χ4v) is 2.09. The molecular formula is C18H21NO5. The van der Waals surface area contributed by atoms with Crippen molar-refractivity contribution in [3.8, 4) is 23.0 Å². The molecule has 0 saturated carbocycles. The van der Waals surface area contributed by atoms with Crippen molar-refractivity contribution in [2.45, 2.75) is 6.92 Å². The second-order valence-electron chi connectivity index (χ2n) is 5.06. The first-order chi connectivity index (χ1) is 11.6. The van der Waals surface area contributed by atoms with E-state index in [1.807, 2.05) is 31.2 Å². The first-order valence-electron chi connectivity index (χ1n) is 7.36. The van der Waals surface area contributed by atoms with Crippen LogP contribution in [0.2, 0.25) is 0 Å². The Balaban J connectivity index is 2.08. The maximum Gasteiger partial charge on any atom is 0.262 e. The van der Waals surface area contributed by atoms with Gasteiger partial charge in [0.1, 0.15) is 28.7 Å². The number of methoxy groups -OCH3 is 3. The van der Waals surface area contributed by atoms with E-state index in [0.29, 0.717) is 28.7 Å². The summed E-state index contributed by atoms with van der Waals surface area (Å²) in [4.78, 5) is 12.2. The second kappa shape index (κ2) is 8.10. The highest BCUT2D eigenvalue weighted by molar-refractivity contribution is 5.95. The van der Waals surface area contributed by atoms with Gasteiger partial charge in [0.25, 0.3) is 5.91 Å². The minimum absolute atomic E-state index is 0.124. The van der Waals surface area contributed by atoms with Gasteiger partial charge in [0.05, 0.1) is 21.3 Å². The fourth-order valence-electron chi connectivity index (χ4n) is 2.09. The smallest absolute Gasteiger partial charge is 0.262 e. The molecule has 0 radical (unpaired) electrons. The van der Waals surface area contributed by atoms with Crippen LogP contribution in [0.1, 0.15) is 5.56 Å². The first-order valence-corrected chi connectivity index (χ1v) is 7.36. The number of nitrogens with one attached hydrogen (secondary N) is 1. The highest BCUT2D eigenvalue weighted by atomic mass is 16.5. The summed E-state index contributed by atoms with van der Waals surface area (Å²) in [5.74, 6) is 1.75. The Morgan fingerprint density at radius 2 is 1.50 bits per heavy atom. The molecule has 0 saturated heterocycles. The molecular weight excluding hydrogens is 310 g/mol. The normalized spacial score (nSPS) is 10.0. The molecule has 6 heteroatoms. The summed E-state index contributed by atoms with van der Waals surface area (Å²) in [6.45, 7) is 1.86. The van der Waals surface area contributed by atoms with Crippen LogP contribution < -0.4 is 24.3 Å². The quantitative estimate of drug-likeness (QED) is 0.845. The van der Waals surface area contributed by atoms with Gasteiger partial charge in [0.2, 0.25) is 0 Å². The maximum absolute atomic E-state index is 12.2. The lowest BCUT2D eigenvalue weighted by Gasteiger charge is -2.16. The van der Waals surface area contributed by atoms with Crippen molar-refractivity contribution in [2.75, 3.05) is 33.3 Å². The number of amides is 1. The molecule has 0 heterocycles. The van der Waals surface area contributed by atoms with Crippen molar-refractivity contribution in [3.05, 3.63) is 42.0 Å². The third kappa shape index (κ3) is 4.32. The predicted octanol–water partition coefficient (Wildman–Crippen LogP) is 3.04. The van der Waals surface area contributed by atoms with E-state index in [1.165, 1.54) is 14.2 Å².